The molecule has 0 spiro atoms. The number of β-lactam (4-membered cyclic amide) rings is 1. The second kappa shape index (κ2) is 17.1. The molecule has 4 atom stereocenters. The van der Waals surface area contributed by atoms with E-state index in [4.69, 9.17) is 14.3 Å². The number of oxime groups is 1. The topological polar surface area (TPSA) is 178 Å². The van der Waals surface area contributed by atoms with Crippen LogP contribution in [0.5, 0.6) is 0 Å². The second-order valence-corrected chi connectivity index (χ2v) is 15.2. The van der Waals surface area contributed by atoms with Crippen LogP contribution >= 0.6 is 23.1 Å². The molecule has 4 amide bonds. The van der Waals surface area contributed by atoms with Gasteiger partial charge in [0.05, 0.1) is 0 Å². The van der Waals surface area contributed by atoms with Crippen molar-refractivity contribution in [3.05, 3.63) is 94.6 Å². The lowest BCUT2D eigenvalue weighted by molar-refractivity contribution is -0.154. The van der Waals surface area contributed by atoms with Crippen LogP contribution < -0.4 is 16.0 Å². The van der Waals surface area contributed by atoms with Crippen LogP contribution in [0.4, 0.5) is 9.93 Å². The number of anilines is 1. The van der Waals surface area contributed by atoms with E-state index in [0.717, 1.165) is 22.5 Å². The quantitative estimate of drug-likeness (QED) is 0.0931. The third-order valence-corrected chi connectivity index (χ3v) is 10.3. The summed E-state index contributed by atoms with van der Waals surface area (Å²) in [4.78, 5) is 77.0. The van der Waals surface area contributed by atoms with Crippen molar-refractivity contribution >= 4 is 63.7 Å². The van der Waals surface area contributed by atoms with Gasteiger partial charge < -0.3 is 30.3 Å². The third kappa shape index (κ3) is 9.42. The molecule has 53 heavy (non-hydrogen) atoms. The molecule has 0 radical (unpaired) electrons. The van der Waals surface area contributed by atoms with Crippen molar-refractivity contribution in [3.63, 3.8) is 0 Å². The van der Waals surface area contributed by atoms with Gasteiger partial charge in [-0.05, 0) is 43.9 Å². The second-order valence-electron chi connectivity index (χ2n) is 13.2. The smallest absolute Gasteiger partial charge is 0.408 e. The first-order valence-corrected chi connectivity index (χ1v) is 18.9. The Bertz CT molecular complexity index is 1840. The van der Waals surface area contributed by atoms with Gasteiger partial charge in [-0.15, -0.1) is 23.1 Å². The van der Waals surface area contributed by atoms with E-state index >= 15 is 0 Å². The van der Waals surface area contributed by atoms with Crippen LogP contribution in [0.1, 0.15) is 64.0 Å². The van der Waals surface area contributed by atoms with Crippen molar-refractivity contribution in [1.29, 1.82) is 0 Å². The monoisotopic (exact) mass is 762 g/mol. The molecule has 2 aromatic carbocycles. The molecular formula is C37H42N6O8S2. The van der Waals surface area contributed by atoms with E-state index in [1.807, 2.05) is 74.5 Å². The molecule has 0 aliphatic carbocycles. The predicted octanol–water partition coefficient (Wildman–Crippen LogP) is 4.99. The SMILES string of the molecule is CCC(C)[C@H](NC(=O)OC(C)(C)C)C(=O)Nc1nc(/C(=N/OC)C(=O)N[C@@H]2C(=O)N3C(C(=O)OC(c4ccccc4)c4ccccc4)=CCS[C@H]23)cs1. The fraction of sp³-hybridized carbons (Fsp3) is 0.378. The number of esters is 1. The standard InChI is InChI=1S/C37H42N6O8S2/c1-7-21(2)26(40-36(48)51-37(3,4)5)30(44)41-35-38-24(20-53-35)27(42-49-6)31(45)39-28-32(46)43-25(18-19-52-33(28)43)34(47)50-29(22-14-10-8-11-15-22)23-16-12-9-13-17-23/h8-18,20-21,26,28-29,33H,7,19H2,1-6H3,(H,39,45)(H,40,48)(H,38,41,44)/b42-27-/t21?,26-,28+,33+/m0/s1. The largest absolute Gasteiger partial charge is 0.448 e. The maximum atomic E-state index is 13.6. The van der Waals surface area contributed by atoms with Crippen LogP contribution in [0.15, 0.2) is 83.0 Å². The minimum atomic E-state index is -0.974. The Kier molecular flexibility index (Phi) is 12.6. The zero-order chi connectivity index (χ0) is 38.3. The van der Waals surface area contributed by atoms with Gasteiger partial charge in [-0.3, -0.25) is 19.3 Å². The normalized spacial score (nSPS) is 18.1. The summed E-state index contributed by atoms with van der Waals surface area (Å²) in [6, 6.07) is 16.8. The number of fused-ring (bicyclic) bond motifs is 1. The average molecular weight is 763 g/mol. The minimum absolute atomic E-state index is 0.0850. The Morgan fingerprint density at radius 3 is 2.26 bits per heavy atom. The van der Waals surface area contributed by atoms with Crippen LogP contribution in [0, 0.1) is 5.92 Å². The van der Waals surface area contributed by atoms with E-state index in [-0.39, 0.29) is 28.2 Å². The maximum absolute atomic E-state index is 13.6. The number of ether oxygens (including phenoxy) is 2. The first-order valence-electron chi connectivity index (χ1n) is 16.9. The van der Waals surface area contributed by atoms with Crippen molar-refractivity contribution in [2.24, 2.45) is 11.1 Å². The van der Waals surface area contributed by atoms with Gasteiger partial charge in [-0.2, -0.15) is 0 Å². The predicted molar refractivity (Wildman–Crippen MR) is 201 cm³/mol. The molecule has 0 bridgehead atoms. The lowest BCUT2D eigenvalue weighted by Crippen LogP contribution is -2.70. The minimum Gasteiger partial charge on any atom is -0.448 e. The van der Waals surface area contributed by atoms with Gasteiger partial charge >= 0.3 is 12.1 Å². The molecule has 3 aromatic rings. The lowest BCUT2D eigenvalue weighted by atomic mass is 9.98. The number of rotatable bonds is 13. The number of amides is 4. The summed E-state index contributed by atoms with van der Waals surface area (Å²) in [5, 5.41) is 13.0. The Balaban J connectivity index is 1.24. The molecule has 3 heterocycles. The van der Waals surface area contributed by atoms with E-state index < -0.39 is 58.9 Å². The number of thioether (sulfide) groups is 1. The number of thiazole rings is 1. The van der Waals surface area contributed by atoms with Gasteiger partial charge in [-0.1, -0.05) is 86.1 Å². The van der Waals surface area contributed by atoms with E-state index in [1.165, 1.54) is 29.2 Å². The zero-order valence-electron chi connectivity index (χ0n) is 30.2. The number of benzene rings is 2. The molecule has 1 unspecified atom stereocenters. The first kappa shape index (κ1) is 39.0. The highest BCUT2D eigenvalue weighted by Crippen LogP contribution is 2.39. The van der Waals surface area contributed by atoms with Crippen molar-refractivity contribution in [2.45, 2.75) is 70.2 Å². The summed E-state index contributed by atoms with van der Waals surface area (Å²) < 4.78 is 11.3. The number of nitrogens with zero attached hydrogens (tertiary/aromatic N) is 3. The van der Waals surface area contributed by atoms with Crippen molar-refractivity contribution in [2.75, 3.05) is 18.2 Å². The lowest BCUT2D eigenvalue weighted by Gasteiger charge is -2.48. The van der Waals surface area contributed by atoms with Crippen molar-refractivity contribution < 1.29 is 38.3 Å². The third-order valence-electron chi connectivity index (χ3n) is 8.31. The van der Waals surface area contributed by atoms with Gasteiger partial charge in [0, 0.05) is 11.1 Å². The van der Waals surface area contributed by atoms with Gasteiger partial charge in [0.25, 0.3) is 11.8 Å². The molecule has 280 valence electrons. The molecule has 5 rings (SSSR count). The number of carbonyl (C=O) groups excluding carboxylic acids is 5. The summed E-state index contributed by atoms with van der Waals surface area (Å²) in [5.41, 5.74) is 0.754. The number of hydrogen-bond donors (Lipinski definition) is 3. The Hall–Kier alpha value is -5.22. The fourth-order valence-corrected chi connectivity index (χ4v) is 7.44. The number of aromatic nitrogens is 1. The molecular weight excluding hydrogens is 721 g/mol. The van der Waals surface area contributed by atoms with Gasteiger partial charge in [0.1, 0.15) is 41.6 Å². The Labute approximate surface area is 315 Å². The van der Waals surface area contributed by atoms with E-state index in [1.54, 1.807) is 26.8 Å². The van der Waals surface area contributed by atoms with Crippen molar-refractivity contribution in [3.8, 4) is 0 Å². The highest BCUT2D eigenvalue weighted by Gasteiger charge is 2.53. The fourth-order valence-electron chi connectivity index (χ4n) is 5.55. The van der Waals surface area contributed by atoms with Gasteiger partial charge in [0.15, 0.2) is 16.9 Å². The Morgan fingerprint density at radius 2 is 1.68 bits per heavy atom. The van der Waals surface area contributed by atoms with Gasteiger partial charge in [0.2, 0.25) is 5.91 Å². The van der Waals surface area contributed by atoms with Gasteiger partial charge in [-0.25, -0.2) is 14.6 Å². The molecule has 1 aromatic heterocycles. The van der Waals surface area contributed by atoms with Crippen LogP contribution in [0.3, 0.4) is 0 Å². The van der Waals surface area contributed by atoms with Crippen LogP contribution in [-0.2, 0) is 33.5 Å². The Morgan fingerprint density at radius 1 is 1.04 bits per heavy atom. The maximum Gasteiger partial charge on any atom is 0.408 e. The van der Waals surface area contributed by atoms with E-state index in [0.29, 0.717) is 12.2 Å². The van der Waals surface area contributed by atoms with E-state index in [9.17, 15) is 24.0 Å². The summed E-state index contributed by atoms with van der Waals surface area (Å²) in [5.74, 6) is -2.25. The summed E-state index contributed by atoms with van der Waals surface area (Å²) >= 11 is 2.42. The summed E-state index contributed by atoms with van der Waals surface area (Å²) in [7, 11) is 1.26. The number of hydrogen-bond acceptors (Lipinski definition) is 12. The van der Waals surface area contributed by atoms with E-state index in [2.05, 4.69) is 26.1 Å². The molecule has 14 nitrogen and oxygen atoms in total. The highest BCUT2D eigenvalue weighted by molar-refractivity contribution is 8.00. The molecule has 16 heteroatoms. The molecule has 2 aliphatic rings. The summed E-state index contributed by atoms with van der Waals surface area (Å²) in [6.45, 7) is 8.89. The molecule has 1 saturated heterocycles. The molecule has 2 aliphatic heterocycles. The van der Waals surface area contributed by atoms with Crippen LogP contribution in [0.2, 0.25) is 0 Å². The molecule has 0 saturated carbocycles. The summed E-state index contributed by atoms with van der Waals surface area (Å²) in [6.07, 6.45) is 0.809. The van der Waals surface area contributed by atoms with Crippen molar-refractivity contribution in [1.82, 2.24) is 20.5 Å². The van der Waals surface area contributed by atoms with Crippen LogP contribution in [0.25, 0.3) is 0 Å². The number of nitrogens with one attached hydrogen (secondary N) is 3. The highest BCUT2D eigenvalue weighted by atomic mass is 32.2. The zero-order valence-corrected chi connectivity index (χ0v) is 31.8. The van der Waals surface area contributed by atoms with Crippen LogP contribution in [-0.4, -0.2) is 81.3 Å². The molecule has 3 N–H and O–H groups in total. The first-order chi connectivity index (χ1) is 25.3. The average Bonchev–Trinajstić information content (AvgIpc) is 3.60. The number of carbonyl (C=O) groups is 5. The molecule has 1 fully saturated rings. The number of alkyl carbamates (subject to hydrolysis) is 1.